The maximum atomic E-state index is 11.8. The van der Waals surface area contributed by atoms with Crippen LogP contribution in [0.3, 0.4) is 0 Å². The molecule has 3 nitrogen and oxygen atoms in total. The van der Waals surface area contributed by atoms with E-state index in [4.69, 9.17) is 23.2 Å². The van der Waals surface area contributed by atoms with Crippen molar-refractivity contribution in [3.63, 3.8) is 0 Å². The SMILES string of the molecule is O=C(CSc1ccc(Cl)cc1)Nc1ccc(Cl)cc1O. The van der Waals surface area contributed by atoms with Gasteiger partial charge in [-0.3, -0.25) is 4.79 Å². The summed E-state index contributed by atoms with van der Waals surface area (Å²) >= 11 is 12.9. The van der Waals surface area contributed by atoms with E-state index in [1.54, 1.807) is 24.3 Å². The number of halogens is 2. The van der Waals surface area contributed by atoms with Crippen molar-refractivity contribution in [3.8, 4) is 5.75 Å². The molecule has 2 aromatic rings. The second kappa shape index (κ2) is 6.88. The topological polar surface area (TPSA) is 49.3 Å². The van der Waals surface area contributed by atoms with Crippen LogP contribution in [0, 0.1) is 0 Å². The Morgan fingerprint density at radius 3 is 2.40 bits per heavy atom. The van der Waals surface area contributed by atoms with E-state index < -0.39 is 0 Å². The zero-order valence-corrected chi connectivity index (χ0v) is 12.6. The Balaban J connectivity index is 1.90. The number of anilines is 1. The Labute approximate surface area is 130 Å². The molecule has 20 heavy (non-hydrogen) atoms. The zero-order valence-electron chi connectivity index (χ0n) is 10.3. The van der Waals surface area contributed by atoms with Crippen molar-refractivity contribution in [2.24, 2.45) is 0 Å². The van der Waals surface area contributed by atoms with Gasteiger partial charge in [-0.25, -0.2) is 0 Å². The van der Waals surface area contributed by atoms with Crippen molar-refractivity contribution < 1.29 is 9.90 Å². The summed E-state index contributed by atoms with van der Waals surface area (Å²) in [5, 5.41) is 13.3. The van der Waals surface area contributed by atoms with Crippen molar-refractivity contribution in [2.75, 3.05) is 11.1 Å². The van der Waals surface area contributed by atoms with E-state index in [1.807, 2.05) is 12.1 Å². The predicted octanol–water partition coefficient (Wildman–Crippen LogP) is 4.43. The third kappa shape index (κ3) is 4.34. The van der Waals surface area contributed by atoms with Crippen LogP contribution in [0.15, 0.2) is 47.4 Å². The van der Waals surface area contributed by atoms with Crippen LogP contribution in [0.2, 0.25) is 10.0 Å². The van der Waals surface area contributed by atoms with Crippen LogP contribution in [0.5, 0.6) is 5.75 Å². The second-order valence-electron chi connectivity index (χ2n) is 3.95. The third-order valence-corrected chi connectivity index (χ3v) is 3.92. The van der Waals surface area contributed by atoms with E-state index in [2.05, 4.69) is 5.32 Å². The van der Waals surface area contributed by atoms with E-state index in [0.717, 1.165) is 4.90 Å². The first-order valence-corrected chi connectivity index (χ1v) is 7.45. The van der Waals surface area contributed by atoms with Gasteiger partial charge in [-0.1, -0.05) is 23.2 Å². The maximum Gasteiger partial charge on any atom is 0.234 e. The lowest BCUT2D eigenvalue weighted by molar-refractivity contribution is -0.113. The van der Waals surface area contributed by atoms with Crippen LogP contribution < -0.4 is 5.32 Å². The van der Waals surface area contributed by atoms with E-state index in [0.29, 0.717) is 15.7 Å². The molecule has 6 heteroatoms. The summed E-state index contributed by atoms with van der Waals surface area (Å²) in [4.78, 5) is 12.7. The van der Waals surface area contributed by atoms with Gasteiger partial charge in [0.05, 0.1) is 11.4 Å². The number of phenolic OH excluding ortho intramolecular Hbond substituents is 1. The number of nitrogens with one attached hydrogen (secondary N) is 1. The number of hydrogen-bond donors (Lipinski definition) is 2. The van der Waals surface area contributed by atoms with Crippen molar-refractivity contribution in [2.45, 2.75) is 4.90 Å². The lowest BCUT2D eigenvalue weighted by Gasteiger charge is -2.07. The Hall–Kier alpha value is -1.36. The molecule has 2 rings (SSSR count). The first-order chi connectivity index (χ1) is 9.54. The van der Waals surface area contributed by atoms with Crippen molar-refractivity contribution in [3.05, 3.63) is 52.5 Å². The molecule has 0 unspecified atom stereocenters. The molecule has 0 aliphatic rings. The number of amides is 1. The average molecular weight is 328 g/mol. The lowest BCUT2D eigenvalue weighted by Crippen LogP contribution is -2.14. The van der Waals surface area contributed by atoms with Gasteiger partial charge in [0, 0.05) is 21.0 Å². The van der Waals surface area contributed by atoms with Gasteiger partial charge in [0.1, 0.15) is 5.75 Å². The minimum Gasteiger partial charge on any atom is -0.506 e. The number of hydrogen-bond acceptors (Lipinski definition) is 3. The summed E-state index contributed by atoms with van der Waals surface area (Å²) in [5.74, 6) is -0.0196. The molecular weight excluding hydrogens is 317 g/mol. The van der Waals surface area contributed by atoms with Gasteiger partial charge < -0.3 is 10.4 Å². The minimum absolute atomic E-state index is 0.0534. The summed E-state index contributed by atoms with van der Waals surface area (Å²) in [6.07, 6.45) is 0. The smallest absolute Gasteiger partial charge is 0.234 e. The highest BCUT2D eigenvalue weighted by Crippen LogP contribution is 2.27. The summed E-state index contributed by atoms with van der Waals surface area (Å²) in [6, 6.07) is 11.8. The van der Waals surface area contributed by atoms with Crippen LogP contribution >= 0.6 is 35.0 Å². The number of phenols is 1. The highest BCUT2D eigenvalue weighted by Gasteiger charge is 2.07. The average Bonchev–Trinajstić information content (AvgIpc) is 2.41. The molecule has 2 aromatic carbocycles. The van der Waals surface area contributed by atoms with Crippen molar-refractivity contribution >= 4 is 46.6 Å². The first kappa shape index (κ1) is 15.0. The van der Waals surface area contributed by atoms with Gasteiger partial charge in [-0.05, 0) is 36.4 Å². The normalized spacial score (nSPS) is 10.3. The molecule has 2 N–H and O–H groups in total. The molecule has 0 spiro atoms. The molecule has 0 fully saturated rings. The quantitative estimate of drug-likeness (QED) is 0.645. The molecule has 1 amide bonds. The standard InChI is InChI=1S/C14H11Cl2NO2S/c15-9-1-4-11(5-2-9)20-8-14(19)17-12-6-3-10(16)7-13(12)18/h1-7,18H,8H2,(H,17,19). The van der Waals surface area contributed by atoms with Crippen LogP contribution in [-0.2, 0) is 4.79 Å². The number of aromatic hydroxyl groups is 1. The number of rotatable bonds is 4. The number of carbonyl (C=O) groups excluding carboxylic acids is 1. The molecule has 0 aliphatic heterocycles. The van der Waals surface area contributed by atoms with Gasteiger partial charge in [0.2, 0.25) is 5.91 Å². The van der Waals surface area contributed by atoms with Gasteiger partial charge in [-0.15, -0.1) is 11.8 Å². The van der Waals surface area contributed by atoms with Gasteiger partial charge in [-0.2, -0.15) is 0 Å². The van der Waals surface area contributed by atoms with E-state index >= 15 is 0 Å². The second-order valence-corrected chi connectivity index (χ2v) is 5.87. The monoisotopic (exact) mass is 327 g/mol. The molecule has 0 radical (unpaired) electrons. The minimum atomic E-state index is -0.206. The van der Waals surface area contributed by atoms with E-state index in [1.165, 1.54) is 17.8 Å². The molecule has 104 valence electrons. The summed E-state index contributed by atoms with van der Waals surface area (Å²) < 4.78 is 0. The highest BCUT2D eigenvalue weighted by molar-refractivity contribution is 8.00. The molecule has 0 aliphatic carbocycles. The summed E-state index contributed by atoms with van der Waals surface area (Å²) in [5.41, 5.74) is 0.344. The van der Waals surface area contributed by atoms with Gasteiger partial charge in [0.15, 0.2) is 0 Å². The van der Waals surface area contributed by atoms with Gasteiger partial charge in [0.25, 0.3) is 0 Å². The third-order valence-electron chi connectivity index (χ3n) is 2.42. The molecule has 0 atom stereocenters. The fourth-order valence-electron chi connectivity index (χ4n) is 1.48. The molecule has 0 heterocycles. The molecule has 0 saturated carbocycles. The molecule has 0 bridgehead atoms. The fraction of sp³-hybridized carbons (Fsp3) is 0.0714. The lowest BCUT2D eigenvalue weighted by atomic mass is 10.3. The number of thioether (sulfide) groups is 1. The van der Waals surface area contributed by atoms with E-state index in [-0.39, 0.29) is 17.4 Å². The van der Waals surface area contributed by atoms with Crippen LogP contribution in [0.1, 0.15) is 0 Å². The maximum absolute atomic E-state index is 11.8. The Morgan fingerprint density at radius 1 is 1.10 bits per heavy atom. The van der Waals surface area contributed by atoms with Crippen LogP contribution in [-0.4, -0.2) is 16.8 Å². The summed E-state index contributed by atoms with van der Waals surface area (Å²) in [7, 11) is 0. The Kier molecular flexibility index (Phi) is 5.17. The molecule has 0 saturated heterocycles. The molecular formula is C14H11Cl2NO2S. The van der Waals surface area contributed by atoms with Crippen molar-refractivity contribution in [1.29, 1.82) is 0 Å². The Bertz CT molecular complexity index is 617. The zero-order chi connectivity index (χ0) is 14.5. The van der Waals surface area contributed by atoms with Gasteiger partial charge >= 0.3 is 0 Å². The fourth-order valence-corrected chi connectivity index (χ4v) is 2.47. The number of benzene rings is 2. The Morgan fingerprint density at radius 2 is 1.75 bits per heavy atom. The highest BCUT2D eigenvalue weighted by atomic mass is 35.5. The summed E-state index contributed by atoms with van der Waals surface area (Å²) in [6.45, 7) is 0. The van der Waals surface area contributed by atoms with Crippen LogP contribution in [0.25, 0.3) is 0 Å². The predicted molar refractivity (Wildman–Crippen MR) is 83.9 cm³/mol. The number of carbonyl (C=O) groups is 1. The molecule has 0 aromatic heterocycles. The largest absolute Gasteiger partial charge is 0.506 e. The van der Waals surface area contributed by atoms with Crippen molar-refractivity contribution in [1.82, 2.24) is 0 Å². The van der Waals surface area contributed by atoms with Crippen LogP contribution in [0.4, 0.5) is 5.69 Å². The first-order valence-electron chi connectivity index (χ1n) is 5.71. The van der Waals surface area contributed by atoms with E-state index in [9.17, 15) is 9.90 Å².